The van der Waals surface area contributed by atoms with Gasteiger partial charge >= 0.3 is 6.18 Å². The fourth-order valence-corrected chi connectivity index (χ4v) is 3.16. The summed E-state index contributed by atoms with van der Waals surface area (Å²) in [5.74, 6) is 0.711. The van der Waals surface area contributed by atoms with Crippen molar-refractivity contribution in [2.75, 3.05) is 32.8 Å². The fourth-order valence-electron chi connectivity index (χ4n) is 3.03. The zero-order valence-electron chi connectivity index (χ0n) is 15.7. The molecule has 2 aromatic rings. The van der Waals surface area contributed by atoms with Crippen LogP contribution in [-0.2, 0) is 17.5 Å². The lowest BCUT2D eigenvalue weighted by Gasteiger charge is -2.22. The largest absolute Gasteiger partial charge is 0.492 e. The first-order chi connectivity index (χ1) is 13.8. The van der Waals surface area contributed by atoms with Crippen LogP contribution < -0.4 is 4.74 Å². The van der Waals surface area contributed by atoms with E-state index < -0.39 is 11.9 Å². The summed E-state index contributed by atoms with van der Waals surface area (Å²) in [6.07, 6.45) is -2.93. The molecule has 1 aromatic heterocycles. The lowest BCUT2D eigenvalue weighted by atomic mass is 10.2. The molecule has 1 aromatic carbocycles. The summed E-state index contributed by atoms with van der Waals surface area (Å²) in [4.78, 5) is 19.6. The second-order valence-electron chi connectivity index (χ2n) is 6.76. The van der Waals surface area contributed by atoms with Crippen molar-refractivity contribution in [1.29, 1.82) is 0 Å². The van der Waals surface area contributed by atoms with Gasteiger partial charge in [0.2, 0.25) is 5.91 Å². The zero-order valence-corrected chi connectivity index (χ0v) is 16.4. The van der Waals surface area contributed by atoms with Gasteiger partial charge in [0.1, 0.15) is 18.1 Å². The number of carbonyl (C=O) groups is 1. The van der Waals surface area contributed by atoms with Gasteiger partial charge in [-0.2, -0.15) is 13.2 Å². The normalized spacial score (nSPS) is 16.0. The minimum Gasteiger partial charge on any atom is -0.492 e. The van der Waals surface area contributed by atoms with Gasteiger partial charge in [-0.25, -0.2) is 0 Å². The number of amides is 1. The predicted octanol–water partition coefficient (Wildman–Crippen LogP) is 3.87. The zero-order chi connectivity index (χ0) is 20.9. The second-order valence-corrected chi connectivity index (χ2v) is 7.20. The highest BCUT2D eigenvalue weighted by Gasteiger charge is 2.32. The van der Waals surface area contributed by atoms with Crippen LogP contribution in [0.15, 0.2) is 42.6 Å². The number of ether oxygens (including phenoxy) is 1. The number of nitrogens with zero attached hydrogens (tertiary/aromatic N) is 3. The Morgan fingerprint density at radius 1 is 1.07 bits per heavy atom. The summed E-state index contributed by atoms with van der Waals surface area (Å²) in [7, 11) is 0. The first-order valence-corrected chi connectivity index (χ1v) is 9.60. The Labute approximate surface area is 172 Å². The third-order valence-corrected chi connectivity index (χ3v) is 4.91. The lowest BCUT2D eigenvalue weighted by molar-refractivity contribution is -0.141. The molecule has 0 N–H and O–H groups in total. The average Bonchev–Trinajstić information content (AvgIpc) is 2.85. The smallest absolute Gasteiger partial charge is 0.433 e. The SMILES string of the molecule is O=C1CCN(CCOc2ccc(Cl)cc2)CCN1Cc1ccc(C(F)(F)F)nc1. The van der Waals surface area contributed by atoms with Crippen LogP contribution in [0.5, 0.6) is 5.75 Å². The van der Waals surface area contributed by atoms with Crippen molar-refractivity contribution in [3.05, 3.63) is 58.9 Å². The van der Waals surface area contributed by atoms with E-state index in [1.165, 1.54) is 12.3 Å². The monoisotopic (exact) mass is 427 g/mol. The van der Waals surface area contributed by atoms with Gasteiger partial charge in [0.05, 0.1) is 0 Å². The van der Waals surface area contributed by atoms with Crippen molar-refractivity contribution in [1.82, 2.24) is 14.8 Å². The number of benzene rings is 1. The molecule has 1 saturated heterocycles. The van der Waals surface area contributed by atoms with E-state index in [1.807, 2.05) is 0 Å². The number of alkyl halides is 3. The molecule has 0 saturated carbocycles. The van der Waals surface area contributed by atoms with Gasteiger partial charge < -0.3 is 9.64 Å². The molecule has 0 unspecified atom stereocenters. The van der Waals surface area contributed by atoms with E-state index in [1.54, 1.807) is 29.2 Å². The quantitative estimate of drug-likeness (QED) is 0.702. The van der Waals surface area contributed by atoms with Crippen molar-refractivity contribution in [3.8, 4) is 5.75 Å². The van der Waals surface area contributed by atoms with Crippen LogP contribution in [0, 0.1) is 0 Å². The van der Waals surface area contributed by atoms with Crippen LogP contribution in [0.25, 0.3) is 0 Å². The van der Waals surface area contributed by atoms with E-state index in [4.69, 9.17) is 16.3 Å². The molecule has 0 radical (unpaired) electrons. The highest BCUT2D eigenvalue weighted by molar-refractivity contribution is 6.30. The standard InChI is InChI=1S/C20H21ClF3N3O2/c21-16-2-4-17(5-3-16)29-12-11-26-8-7-19(28)27(10-9-26)14-15-1-6-18(25-13-15)20(22,23)24/h1-6,13H,7-12,14H2. The molecule has 0 aliphatic carbocycles. The van der Waals surface area contributed by atoms with Gasteiger partial charge in [-0.05, 0) is 35.9 Å². The third kappa shape index (κ3) is 6.33. The van der Waals surface area contributed by atoms with Crippen LogP contribution in [-0.4, -0.2) is 53.5 Å². The molecule has 0 spiro atoms. The Morgan fingerprint density at radius 3 is 2.48 bits per heavy atom. The molecule has 29 heavy (non-hydrogen) atoms. The topological polar surface area (TPSA) is 45.7 Å². The molecular weight excluding hydrogens is 407 g/mol. The van der Waals surface area contributed by atoms with E-state index in [9.17, 15) is 18.0 Å². The molecule has 1 aliphatic heterocycles. The van der Waals surface area contributed by atoms with Crippen molar-refractivity contribution in [2.45, 2.75) is 19.1 Å². The summed E-state index contributed by atoms with van der Waals surface area (Å²) in [5, 5.41) is 0.645. The lowest BCUT2D eigenvalue weighted by Crippen LogP contribution is -2.34. The molecule has 1 amide bonds. The second kappa shape index (κ2) is 9.45. The molecular formula is C20H21ClF3N3O2. The first kappa shape index (κ1) is 21.4. The summed E-state index contributed by atoms with van der Waals surface area (Å²) >= 11 is 5.84. The molecule has 0 atom stereocenters. The number of pyridine rings is 1. The molecule has 0 bridgehead atoms. The Kier molecular flexibility index (Phi) is 6.97. The van der Waals surface area contributed by atoms with E-state index in [2.05, 4.69) is 9.88 Å². The van der Waals surface area contributed by atoms with Crippen LogP contribution >= 0.6 is 11.6 Å². The van der Waals surface area contributed by atoms with E-state index in [-0.39, 0.29) is 12.5 Å². The minimum absolute atomic E-state index is 0.0222. The van der Waals surface area contributed by atoms with E-state index >= 15 is 0 Å². The van der Waals surface area contributed by atoms with Crippen molar-refractivity contribution < 1.29 is 22.7 Å². The Morgan fingerprint density at radius 2 is 1.83 bits per heavy atom. The maximum Gasteiger partial charge on any atom is 0.433 e. The number of halogens is 4. The molecule has 9 heteroatoms. The van der Waals surface area contributed by atoms with Crippen LogP contribution in [0.1, 0.15) is 17.7 Å². The van der Waals surface area contributed by atoms with Gasteiger partial charge in [0.25, 0.3) is 0 Å². The Bertz CT molecular complexity index is 813. The first-order valence-electron chi connectivity index (χ1n) is 9.22. The number of hydrogen-bond donors (Lipinski definition) is 0. The van der Waals surface area contributed by atoms with Crippen molar-refractivity contribution in [3.63, 3.8) is 0 Å². The number of carbonyl (C=O) groups excluding carboxylic acids is 1. The highest BCUT2D eigenvalue weighted by atomic mass is 35.5. The molecule has 156 valence electrons. The van der Waals surface area contributed by atoms with Crippen LogP contribution in [0.4, 0.5) is 13.2 Å². The minimum atomic E-state index is -4.47. The van der Waals surface area contributed by atoms with Gasteiger partial charge in [-0.3, -0.25) is 14.7 Å². The molecule has 1 fully saturated rings. The third-order valence-electron chi connectivity index (χ3n) is 4.66. The van der Waals surface area contributed by atoms with Gasteiger partial charge in [-0.1, -0.05) is 17.7 Å². The number of rotatable bonds is 6. The van der Waals surface area contributed by atoms with Gasteiger partial charge in [0, 0.05) is 50.4 Å². The summed E-state index contributed by atoms with van der Waals surface area (Å²) in [6.45, 7) is 3.19. The van der Waals surface area contributed by atoms with Crippen molar-refractivity contribution >= 4 is 17.5 Å². The fraction of sp³-hybridized carbons (Fsp3) is 0.400. The van der Waals surface area contributed by atoms with Crippen LogP contribution in [0.3, 0.4) is 0 Å². The Hall–Kier alpha value is -2.32. The molecule has 1 aliphatic rings. The average molecular weight is 428 g/mol. The van der Waals surface area contributed by atoms with Crippen molar-refractivity contribution in [2.24, 2.45) is 0 Å². The number of aromatic nitrogens is 1. The Balaban J connectivity index is 1.48. The molecule has 2 heterocycles. The van der Waals surface area contributed by atoms with E-state index in [0.29, 0.717) is 49.8 Å². The molecule has 3 rings (SSSR count). The maximum atomic E-state index is 12.6. The van der Waals surface area contributed by atoms with Crippen LogP contribution in [0.2, 0.25) is 5.02 Å². The van der Waals surface area contributed by atoms with Gasteiger partial charge in [0.15, 0.2) is 0 Å². The summed E-state index contributed by atoms with van der Waals surface area (Å²) in [5.41, 5.74) is -0.360. The molecule has 5 nitrogen and oxygen atoms in total. The van der Waals surface area contributed by atoms with E-state index in [0.717, 1.165) is 11.8 Å². The summed E-state index contributed by atoms with van der Waals surface area (Å²) < 4.78 is 43.5. The highest BCUT2D eigenvalue weighted by Crippen LogP contribution is 2.27. The summed E-state index contributed by atoms with van der Waals surface area (Å²) in [6, 6.07) is 9.43. The predicted molar refractivity (Wildman–Crippen MR) is 103 cm³/mol. The maximum absolute atomic E-state index is 12.6. The van der Waals surface area contributed by atoms with Gasteiger partial charge in [-0.15, -0.1) is 0 Å². The number of hydrogen-bond acceptors (Lipinski definition) is 4.